The fraction of sp³-hybridized carbons (Fsp3) is 0.368. The van der Waals surface area contributed by atoms with Crippen LogP contribution < -0.4 is 10.6 Å². The zero-order valence-electron chi connectivity index (χ0n) is 16.0. The molecule has 2 heterocycles. The van der Waals surface area contributed by atoms with Gasteiger partial charge in [0.1, 0.15) is 17.9 Å². The van der Waals surface area contributed by atoms with Gasteiger partial charge in [0.25, 0.3) is 5.91 Å². The van der Waals surface area contributed by atoms with E-state index in [2.05, 4.69) is 15.6 Å². The number of aromatic nitrogens is 2. The fourth-order valence-corrected chi connectivity index (χ4v) is 3.15. The number of hydrogen-bond donors (Lipinski definition) is 2. The van der Waals surface area contributed by atoms with Gasteiger partial charge in [0, 0.05) is 25.4 Å². The third-order valence-electron chi connectivity index (χ3n) is 4.84. The number of aryl methyl sites for hydroxylation is 1. The van der Waals surface area contributed by atoms with Crippen molar-refractivity contribution in [2.45, 2.75) is 32.4 Å². The summed E-state index contributed by atoms with van der Waals surface area (Å²) in [4.78, 5) is 41.9. The summed E-state index contributed by atoms with van der Waals surface area (Å²) in [6.45, 7) is 0.358. The van der Waals surface area contributed by atoms with Crippen LogP contribution >= 0.6 is 0 Å². The predicted molar refractivity (Wildman–Crippen MR) is 99.0 cm³/mol. The average Bonchev–Trinajstić information content (AvgIpc) is 3.22. The molecule has 29 heavy (non-hydrogen) atoms. The summed E-state index contributed by atoms with van der Waals surface area (Å²) in [7, 11) is 0. The molecule has 1 saturated heterocycles. The number of halogens is 2. The van der Waals surface area contributed by atoms with E-state index in [1.165, 1.54) is 6.20 Å². The van der Waals surface area contributed by atoms with Gasteiger partial charge in [0.05, 0.1) is 0 Å². The van der Waals surface area contributed by atoms with Crippen molar-refractivity contribution in [3.8, 4) is 0 Å². The van der Waals surface area contributed by atoms with E-state index in [4.69, 9.17) is 0 Å². The molecule has 1 atom stereocenters. The molecule has 1 aliphatic rings. The molecule has 0 radical (unpaired) electrons. The van der Waals surface area contributed by atoms with Crippen molar-refractivity contribution in [3.05, 3.63) is 53.6 Å². The number of carbonyl (C=O) groups excluding carboxylic acids is 3. The molecule has 3 rings (SSSR count). The van der Waals surface area contributed by atoms with E-state index in [1.54, 1.807) is 19.1 Å². The fourth-order valence-electron chi connectivity index (χ4n) is 3.15. The molecule has 154 valence electrons. The number of rotatable bonds is 7. The van der Waals surface area contributed by atoms with Crippen molar-refractivity contribution < 1.29 is 23.2 Å². The molecule has 1 aliphatic heterocycles. The Bertz CT molecular complexity index is 928. The summed E-state index contributed by atoms with van der Waals surface area (Å²) in [5, 5.41) is 5.15. The summed E-state index contributed by atoms with van der Waals surface area (Å²) in [6.07, 6.45) is 2.49. The quantitative estimate of drug-likeness (QED) is 0.686. The van der Waals surface area contributed by atoms with Gasteiger partial charge < -0.3 is 10.6 Å². The van der Waals surface area contributed by atoms with E-state index in [-0.39, 0.29) is 18.8 Å². The molecule has 10 heteroatoms. The first-order valence-corrected chi connectivity index (χ1v) is 9.00. The van der Waals surface area contributed by atoms with Gasteiger partial charge >= 0.3 is 12.6 Å². The van der Waals surface area contributed by atoms with Crippen LogP contribution in [0.15, 0.2) is 36.7 Å². The molecule has 1 unspecified atom stereocenters. The number of imide groups is 1. The van der Waals surface area contributed by atoms with Gasteiger partial charge in [-0.1, -0.05) is 29.8 Å². The number of urea groups is 1. The van der Waals surface area contributed by atoms with Crippen LogP contribution in [0.3, 0.4) is 0 Å². The molecule has 2 aromatic rings. The minimum absolute atomic E-state index is 0.0431. The number of nitrogens with one attached hydrogen (secondary N) is 2. The van der Waals surface area contributed by atoms with Crippen LogP contribution in [0.1, 0.15) is 30.4 Å². The zero-order chi connectivity index (χ0) is 21.2. The lowest BCUT2D eigenvalue weighted by molar-refractivity contribution is -0.134. The highest BCUT2D eigenvalue weighted by Gasteiger charge is 2.49. The zero-order valence-corrected chi connectivity index (χ0v) is 16.0. The lowest BCUT2D eigenvalue weighted by Gasteiger charge is -2.22. The maximum atomic E-state index is 12.8. The molecule has 0 aliphatic carbocycles. The standard InChI is InChI=1S/C19H21F2N5O3/c1-12-3-5-13(6-4-12)19(2)16(28)26(18(29)24-19)11-15(27)23-8-7-14-22-9-10-25(14)17(20)21/h3-6,9-10,17H,7-8,11H2,1-2H3,(H,23,27)(H,24,29). The summed E-state index contributed by atoms with van der Waals surface area (Å²) >= 11 is 0. The monoisotopic (exact) mass is 405 g/mol. The van der Waals surface area contributed by atoms with Gasteiger partial charge in [0.15, 0.2) is 0 Å². The van der Waals surface area contributed by atoms with Crippen molar-refractivity contribution in [2.24, 2.45) is 0 Å². The number of amides is 4. The van der Waals surface area contributed by atoms with Gasteiger partial charge in [-0.15, -0.1) is 0 Å². The number of carbonyl (C=O) groups is 3. The second-order valence-electron chi connectivity index (χ2n) is 6.94. The maximum absolute atomic E-state index is 12.8. The van der Waals surface area contributed by atoms with E-state index < -0.39 is 36.5 Å². The van der Waals surface area contributed by atoms with Gasteiger partial charge in [-0.2, -0.15) is 8.78 Å². The van der Waals surface area contributed by atoms with Crippen molar-refractivity contribution in [3.63, 3.8) is 0 Å². The molecule has 2 N–H and O–H groups in total. The average molecular weight is 405 g/mol. The number of hydrogen-bond acceptors (Lipinski definition) is 4. The largest absolute Gasteiger partial charge is 0.354 e. The van der Waals surface area contributed by atoms with Crippen LogP contribution in [-0.4, -0.2) is 45.4 Å². The van der Waals surface area contributed by atoms with Gasteiger partial charge in [-0.25, -0.2) is 9.78 Å². The summed E-state index contributed by atoms with van der Waals surface area (Å²) < 4.78 is 26.3. The minimum Gasteiger partial charge on any atom is -0.354 e. The Kier molecular flexibility index (Phi) is 5.62. The van der Waals surface area contributed by atoms with Crippen LogP contribution in [0.25, 0.3) is 0 Å². The number of imidazole rings is 1. The van der Waals surface area contributed by atoms with Crippen LogP contribution in [0.5, 0.6) is 0 Å². The van der Waals surface area contributed by atoms with Crippen LogP contribution in [0.4, 0.5) is 13.6 Å². The molecule has 0 bridgehead atoms. The molecule has 4 amide bonds. The Morgan fingerprint density at radius 3 is 2.62 bits per heavy atom. The Labute approximate surface area is 165 Å². The third-order valence-corrected chi connectivity index (χ3v) is 4.84. The van der Waals surface area contributed by atoms with E-state index in [0.29, 0.717) is 10.1 Å². The van der Waals surface area contributed by atoms with E-state index in [9.17, 15) is 23.2 Å². The lowest BCUT2D eigenvalue weighted by atomic mass is 9.91. The van der Waals surface area contributed by atoms with Crippen LogP contribution in [0.2, 0.25) is 0 Å². The SMILES string of the molecule is Cc1ccc(C2(C)NC(=O)N(CC(=O)NCCc3nccn3C(F)F)C2=O)cc1. The molecular formula is C19H21F2N5O3. The van der Waals surface area contributed by atoms with Crippen LogP contribution in [0, 0.1) is 6.92 Å². The molecule has 1 aromatic heterocycles. The van der Waals surface area contributed by atoms with Crippen molar-refractivity contribution in [2.75, 3.05) is 13.1 Å². The van der Waals surface area contributed by atoms with E-state index in [0.717, 1.165) is 16.7 Å². The highest BCUT2D eigenvalue weighted by atomic mass is 19.3. The molecule has 8 nitrogen and oxygen atoms in total. The second-order valence-corrected chi connectivity index (χ2v) is 6.94. The summed E-state index contributed by atoms with van der Waals surface area (Å²) in [6, 6.07) is 6.50. The Hall–Kier alpha value is -3.30. The molecule has 1 fully saturated rings. The maximum Gasteiger partial charge on any atom is 0.325 e. The molecular weight excluding hydrogens is 384 g/mol. The van der Waals surface area contributed by atoms with Crippen molar-refractivity contribution in [1.29, 1.82) is 0 Å². The molecule has 1 aromatic carbocycles. The highest BCUT2D eigenvalue weighted by Crippen LogP contribution is 2.28. The van der Waals surface area contributed by atoms with Gasteiger partial charge in [0.2, 0.25) is 5.91 Å². The number of benzene rings is 1. The van der Waals surface area contributed by atoms with Gasteiger partial charge in [-0.3, -0.25) is 19.1 Å². The smallest absolute Gasteiger partial charge is 0.325 e. The first-order valence-electron chi connectivity index (χ1n) is 9.00. The minimum atomic E-state index is -2.71. The predicted octanol–water partition coefficient (Wildman–Crippen LogP) is 1.71. The van der Waals surface area contributed by atoms with Gasteiger partial charge in [-0.05, 0) is 19.4 Å². The van der Waals surface area contributed by atoms with E-state index >= 15 is 0 Å². The third kappa shape index (κ3) is 4.10. The first-order chi connectivity index (χ1) is 13.7. The first kappa shape index (κ1) is 20.4. The second kappa shape index (κ2) is 7.98. The highest BCUT2D eigenvalue weighted by molar-refractivity contribution is 6.09. The normalized spacial score (nSPS) is 19.0. The summed E-state index contributed by atoms with van der Waals surface area (Å²) in [5.41, 5.74) is 0.369. The van der Waals surface area contributed by atoms with Crippen molar-refractivity contribution >= 4 is 17.8 Å². The molecule has 0 saturated carbocycles. The molecule has 0 spiro atoms. The lowest BCUT2D eigenvalue weighted by Crippen LogP contribution is -2.43. The number of alkyl halides is 2. The Balaban J connectivity index is 1.59. The van der Waals surface area contributed by atoms with Crippen LogP contribution in [-0.2, 0) is 21.5 Å². The number of nitrogens with zero attached hydrogens (tertiary/aromatic N) is 3. The Morgan fingerprint density at radius 1 is 1.28 bits per heavy atom. The topological polar surface area (TPSA) is 96.3 Å². The van der Waals surface area contributed by atoms with Crippen molar-refractivity contribution in [1.82, 2.24) is 25.1 Å². The summed E-state index contributed by atoms with van der Waals surface area (Å²) in [5.74, 6) is -0.978. The Morgan fingerprint density at radius 2 is 1.97 bits per heavy atom. The van der Waals surface area contributed by atoms with E-state index in [1.807, 2.05) is 19.1 Å².